The van der Waals surface area contributed by atoms with Crippen LogP contribution in [-0.4, -0.2) is 0 Å². The maximum absolute atomic E-state index is 6.64. The lowest BCUT2D eigenvalue weighted by Crippen LogP contribution is -1.92. The van der Waals surface area contributed by atoms with Crippen molar-refractivity contribution in [2.24, 2.45) is 0 Å². The van der Waals surface area contributed by atoms with Gasteiger partial charge < -0.3 is 4.42 Å². The van der Waals surface area contributed by atoms with Gasteiger partial charge in [-0.15, -0.1) is 11.3 Å². The average molecular weight is 629 g/mol. The van der Waals surface area contributed by atoms with Crippen LogP contribution in [0.5, 0.6) is 0 Å². The molecule has 8 aromatic carbocycles. The predicted octanol–water partition coefficient (Wildman–Crippen LogP) is 13.8. The van der Waals surface area contributed by atoms with Crippen LogP contribution in [0.4, 0.5) is 0 Å². The molecule has 0 aliphatic heterocycles. The van der Waals surface area contributed by atoms with Crippen molar-refractivity contribution in [2.45, 2.75) is 0 Å². The Kier molecular flexibility index (Phi) is 6.12. The monoisotopic (exact) mass is 628 g/mol. The highest BCUT2D eigenvalue weighted by molar-refractivity contribution is 7.18. The second-order valence-electron chi connectivity index (χ2n) is 12.4. The molecule has 0 aliphatic rings. The van der Waals surface area contributed by atoms with E-state index in [-0.39, 0.29) is 0 Å². The molecule has 0 saturated carbocycles. The molecule has 0 atom stereocenters. The lowest BCUT2D eigenvalue weighted by atomic mass is 9.83. The number of hydrogen-bond acceptors (Lipinski definition) is 2. The second-order valence-corrected chi connectivity index (χ2v) is 13.5. The van der Waals surface area contributed by atoms with Crippen LogP contribution in [0.1, 0.15) is 0 Å². The molecule has 1 nitrogen and oxygen atoms in total. The Morgan fingerprint density at radius 1 is 0.354 bits per heavy atom. The van der Waals surface area contributed by atoms with Crippen molar-refractivity contribution in [3.05, 3.63) is 170 Å². The number of furan rings is 1. The molecule has 10 rings (SSSR count). The van der Waals surface area contributed by atoms with Crippen LogP contribution in [0.2, 0.25) is 0 Å². The van der Waals surface area contributed by atoms with E-state index in [0.717, 1.165) is 27.5 Å². The fourth-order valence-corrected chi connectivity index (χ4v) is 8.60. The highest BCUT2D eigenvalue weighted by atomic mass is 32.1. The lowest BCUT2D eigenvalue weighted by Gasteiger charge is -2.19. The van der Waals surface area contributed by atoms with Crippen molar-refractivity contribution in [3.8, 4) is 43.1 Å². The molecule has 0 spiro atoms. The predicted molar refractivity (Wildman–Crippen MR) is 206 cm³/mol. The van der Waals surface area contributed by atoms with E-state index in [1.54, 1.807) is 0 Å². The van der Waals surface area contributed by atoms with Crippen molar-refractivity contribution in [1.82, 2.24) is 0 Å². The van der Waals surface area contributed by atoms with E-state index in [0.29, 0.717) is 0 Å². The molecule has 0 unspecified atom stereocenters. The summed E-state index contributed by atoms with van der Waals surface area (Å²) in [6.45, 7) is 0. The third kappa shape index (κ3) is 4.17. The third-order valence-corrected chi connectivity index (χ3v) is 10.9. The summed E-state index contributed by atoms with van der Waals surface area (Å²) < 4.78 is 6.64. The van der Waals surface area contributed by atoms with Gasteiger partial charge in [-0.3, -0.25) is 0 Å². The topological polar surface area (TPSA) is 13.1 Å². The standard InChI is InChI=1S/C46H28OS/c1-2-14-30(15-3-1)42-25-26-43(48-42)31-27-39(46-38-22-10-11-24-40(38)47-41(46)28-31)45-36-20-8-6-18-34(36)44(35-19-7-9-21-37(35)45)33-23-12-16-29-13-4-5-17-32(29)33/h1-28H. The summed E-state index contributed by atoms with van der Waals surface area (Å²) in [5.74, 6) is 0. The van der Waals surface area contributed by atoms with Crippen molar-refractivity contribution in [3.63, 3.8) is 0 Å². The molecule has 0 N–H and O–H groups in total. The molecule has 0 aliphatic carbocycles. The van der Waals surface area contributed by atoms with Gasteiger partial charge in [0.25, 0.3) is 0 Å². The number of thiophene rings is 1. The number of fused-ring (bicyclic) bond motifs is 6. The van der Waals surface area contributed by atoms with Gasteiger partial charge in [0.05, 0.1) is 0 Å². The summed E-state index contributed by atoms with van der Waals surface area (Å²) in [7, 11) is 0. The van der Waals surface area contributed by atoms with Gasteiger partial charge in [-0.05, 0) is 96.0 Å². The maximum atomic E-state index is 6.64. The Labute approximate surface area is 282 Å². The molecule has 48 heavy (non-hydrogen) atoms. The van der Waals surface area contributed by atoms with Crippen LogP contribution >= 0.6 is 11.3 Å². The minimum Gasteiger partial charge on any atom is -0.456 e. The van der Waals surface area contributed by atoms with E-state index in [4.69, 9.17) is 4.42 Å². The van der Waals surface area contributed by atoms with Gasteiger partial charge in [0.15, 0.2) is 0 Å². The first-order valence-corrected chi connectivity index (χ1v) is 17.2. The third-order valence-electron chi connectivity index (χ3n) is 9.69. The number of hydrogen-bond donors (Lipinski definition) is 0. The summed E-state index contributed by atoms with van der Waals surface area (Å²) in [6.07, 6.45) is 0. The molecule has 0 fully saturated rings. The van der Waals surface area contributed by atoms with E-state index in [2.05, 4.69) is 170 Å². The van der Waals surface area contributed by atoms with Crippen molar-refractivity contribution < 1.29 is 4.42 Å². The van der Waals surface area contributed by atoms with Gasteiger partial charge in [-0.25, -0.2) is 0 Å². The lowest BCUT2D eigenvalue weighted by molar-refractivity contribution is 0.669. The van der Waals surface area contributed by atoms with E-state index in [1.165, 1.54) is 69.9 Å². The Hall–Kier alpha value is -5.96. The highest BCUT2D eigenvalue weighted by Gasteiger charge is 2.22. The Balaban J connectivity index is 1.33. The van der Waals surface area contributed by atoms with Gasteiger partial charge in [0.2, 0.25) is 0 Å². The normalized spacial score (nSPS) is 11.8. The fraction of sp³-hybridized carbons (Fsp3) is 0. The highest BCUT2D eigenvalue weighted by Crippen LogP contribution is 2.49. The molecule has 2 aromatic heterocycles. The summed E-state index contributed by atoms with van der Waals surface area (Å²) in [4.78, 5) is 2.48. The molecule has 0 saturated heterocycles. The fourth-order valence-electron chi connectivity index (χ4n) is 7.60. The maximum Gasteiger partial charge on any atom is 0.136 e. The van der Waals surface area contributed by atoms with Crippen LogP contribution in [-0.2, 0) is 0 Å². The molecule has 0 bridgehead atoms. The second kappa shape index (κ2) is 10.8. The van der Waals surface area contributed by atoms with Crippen molar-refractivity contribution in [1.29, 1.82) is 0 Å². The summed E-state index contributed by atoms with van der Waals surface area (Å²) in [6, 6.07) is 61.5. The van der Waals surface area contributed by atoms with Crippen molar-refractivity contribution >= 4 is 65.6 Å². The van der Waals surface area contributed by atoms with E-state index < -0.39 is 0 Å². The Bertz CT molecular complexity index is 2770. The molecule has 224 valence electrons. The summed E-state index contributed by atoms with van der Waals surface area (Å²) in [5, 5.41) is 9.77. The molecule has 2 heterocycles. The van der Waals surface area contributed by atoms with E-state index in [1.807, 2.05) is 11.3 Å². The zero-order valence-electron chi connectivity index (χ0n) is 26.0. The van der Waals surface area contributed by atoms with Crippen LogP contribution in [0, 0.1) is 0 Å². The first-order valence-electron chi connectivity index (χ1n) is 16.3. The van der Waals surface area contributed by atoms with Gasteiger partial charge in [0, 0.05) is 20.5 Å². The minimum absolute atomic E-state index is 0.906. The molecular weight excluding hydrogens is 601 g/mol. The Morgan fingerprint density at radius 3 is 1.60 bits per heavy atom. The van der Waals surface area contributed by atoms with Crippen molar-refractivity contribution in [2.75, 3.05) is 0 Å². The molecule has 0 radical (unpaired) electrons. The molecular formula is C46H28OS. The number of benzene rings is 8. The Morgan fingerprint density at radius 2 is 0.896 bits per heavy atom. The largest absolute Gasteiger partial charge is 0.456 e. The summed E-state index contributed by atoms with van der Waals surface area (Å²) in [5.41, 5.74) is 9.17. The number of para-hydroxylation sites is 1. The van der Waals surface area contributed by atoms with Gasteiger partial charge in [-0.1, -0.05) is 140 Å². The first-order chi connectivity index (χ1) is 23.8. The van der Waals surface area contributed by atoms with Crippen LogP contribution in [0.3, 0.4) is 0 Å². The minimum atomic E-state index is 0.906. The van der Waals surface area contributed by atoms with E-state index >= 15 is 0 Å². The zero-order chi connectivity index (χ0) is 31.6. The average Bonchev–Trinajstić information content (AvgIpc) is 3.80. The van der Waals surface area contributed by atoms with Gasteiger partial charge in [0.1, 0.15) is 11.2 Å². The molecule has 10 aromatic rings. The first kappa shape index (κ1) is 27.2. The number of rotatable bonds is 4. The van der Waals surface area contributed by atoms with E-state index in [9.17, 15) is 0 Å². The van der Waals surface area contributed by atoms with Crippen LogP contribution in [0.15, 0.2) is 174 Å². The zero-order valence-corrected chi connectivity index (χ0v) is 26.8. The smallest absolute Gasteiger partial charge is 0.136 e. The molecule has 0 amide bonds. The van der Waals surface area contributed by atoms with Crippen LogP contribution < -0.4 is 0 Å². The van der Waals surface area contributed by atoms with Crippen LogP contribution in [0.25, 0.3) is 97.4 Å². The van der Waals surface area contributed by atoms with Gasteiger partial charge in [-0.2, -0.15) is 0 Å². The SMILES string of the molecule is c1ccc(-c2ccc(-c3cc(-c4c5ccccc5c(-c5cccc6ccccc56)c5ccccc45)c4c(c3)oc3ccccc34)s2)cc1. The van der Waals surface area contributed by atoms with Gasteiger partial charge >= 0.3 is 0 Å². The quantitative estimate of drug-likeness (QED) is 0.177. The summed E-state index contributed by atoms with van der Waals surface area (Å²) >= 11 is 1.82. The molecule has 2 heteroatoms.